The zero-order chi connectivity index (χ0) is 17.3. The monoisotopic (exact) mass is 342 g/mol. The molecule has 1 aliphatic heterocycles. The standard InChI is InChI=1S/C16H15BN2O4S/c18-6-5-12-8-14(19)3-4-16(12)24(21,22)10-11-1-2-13-9-23-17(20)15(13)7-11/h1-4,7-8,20H,5,9-10,19H2. The molecule has 3 N–H and O–H groups in total. The zero-order valence-electron chi connectivity index (χ0n) is 12.8. The third-order valence-corrected chi connectivity index (χ3v) is 5.70. The van der Waals surface area contributed by atoms with Gasteiger partial charge in [-0.1, -0.05) is 18.2 Å². The van der Waals surface area contributed by atoms with Crippen molar-refractivity contribution in [1.82, 2.24) is 0 Å². The van der Waals surface area contributed by atoms with E-state index in [0.717, 1.165) is 5.56 Å². The van der Waals surface area contributed by atoms with E-state index in [9.17, 15) is 13.4 Å². The summed E-state index contributed by atoms with van der Waals surface area (Å²) in [6, 6.07) is 11.5. The van der Waals surface area contributed by atoms with Crippen LogP contribution in [0.1, 0.15) is 16.7 Å². The number of nitriles is 1. The lowest BCUT2D eigenvalue weighted by molar-refractivity contribution is 0.275. The van der Waals surface area contributed by atoms with Crippen LogP contribution in [0.4, 0.5) is 5.69 Å². The molecule has 0 bridgehead atoms. The van der Waals surface area contributed by atoms with Crippen molar-refractivity contribution in [2.45, 2.75) is 23.7 Å². The summed E-state index contributed by atoms with van der Waals surface area (Å²) in [5.74, 6) is -0.227. The minimum atomic E-state index is -3.65. The molecule has 2 aromatic carbocycles. The molecule has 0 radical (unpaired) electrons. The molecule has 0 saturated carbocycles. The average Bonchev–Trinajstić information content (AvgIpc) is 2.88. The first-order valence-electron chi connectivity index (χ1n) is 7.30. The second-order valence-corrected chi connectivity index (χ2v) is 7.62. The molecule has 1 heterocycles. The van der Waals surface area contributed by atoms with Crippen LogP contribution in [0, 0.1) is 11.3 Å². The van der Waals surface area contributed by atoms with Gasteiger partial charge >= 0.3 is 7.12 Å². The van der Waals surface area contributed by atoms with E-state index in [1.807, 2.05) is 6.07 Å². The highest BCUT2D eigenvalue weighted by Gasteiger charge is 2.28. The number of nitrogen functional groups attached to an aromatic ring is 1. The summed E-state index contributed by atoms with van der Waals surface area (Å²) in [4.78, 5) is 0.107. The molecule has 0 unspecified atom stereocenters. The topological polar surface area (TPSA) is 113 Å². The van der Waals surface area contributed by atoms with Crippen molar-refractivity contribution in [3.05, 3.63) is 53.1 Å². The van der Waals surface area contributed by atoms with E-state index < -0.39 is 17.0 Å². The maximum Gasteiger partial charge on any atom is 0.491 e. The molecule has 0 atom stereocenters. The van der Waals surface area contributed by atoms with E-state index in [-0.39, 0.29) is 17.1 Å². The number of fused-ring (bicyclic) bond motifs is 1. The summed E-state index contributed by atoms with van der Waals surface area (Å²) in [5.41, 5.74) is 8.49. The minimum Gasteiger partial charge on any atom is -0.423 e. The number of nitrogens with zero attached hydrogens (tertiary/aromatic N) is 1. The lowest BCUT2D eigenvalue weighted by Gasteiger charge is -2.10. The van der Waals surface area contributed by atoms with E-state index in [0.29, 0.717) is 28.9 Å². The lowest BCUT2D eigenvalue weighted by Crippen LogP contribution is -2.28. The molecule has 0 amide bonds. The second-order valence-electron chi connectivity index (χ2n) is 5.66. The molecule has 0 aromatic heterocycles. The first kappa shape index (κ1) is 16.5. The highest BCUT2D eigenvalue weighted by atomic mass is 32.2. The van der Waals surface area contributed by atoms with Gasteiger partial charge in [-0.25, -0.2) is 8.42 Å². The fourth-order valence-electron chi connectivity index (χ4n) is 2.78. The zero-order valence-corrected chi connectivity index (χ0v) is 13.6. The number of benzene rings is 2. The number of anilines is 1. The Kier molecular flexibility index (Phi) is 4.32. The first-order chi connectivity index (χ1) is 11.4. The SMILES string of the molecule is N#CCc1cc(N)ccc1S(=O)(=O)Cc1ccc2c(c1)B(O)OC2. The summed E-state index contributed by atoms with van der Waals surface area (Å²) in [6.45, 7) is 0.313. The highest BCUT2D eigenvalue weighted by Crippen LogP contribution is 2.24. The van der Waals surface area contributed by atoms with Gasteiger partial charge in [0.15, 0.2) is 9.84 Å². The van der Waals surface area contributed by atoms with Gasteiger partial charge in [-0.2, -0.15) is 5.26 Å². The van der Waals surface area contributed by atoms with Gasteiger partial charge in [0, 0.05) is 5.69 Å². The first-order valence-corrected chi connectivity index (χ1v) is 8.95. The summed E-state index contributed by atoms with van der Waals surface area (Å²) < 4.78 is 30.6. The van der Waals surface area contributed by atoms with Crippen LogP contribution in [0.25, 0.3) is 0 Å². The summed E-state index contributed by atoms with van der Waals surface area (Å²) in [7, 11) is -4.67. The van der Waals surface area contributed by atoms with Crippen molar-refractivity contribution in [2.24, 2.45) is 0 Å². The Bertz CT molecular complexity index is 938. The average molecular weight is 342 g/mol. The van der Waals surface area contributed by atoms with Crippen molar-refractivity contribution >= 4 is 28.1 Å². The van der Waals surface area contributed by atoms with Crippen LogP contribution in [0.2, 0.25) is 0 Å². The van der Waals surface area contributed by atoms with Crippen LogP contribution in [0.15, 0.2) is 41.3 Å². The highest BCUT2D eigenvalue weighted by molar-refractivity contribution is 7.90. The number of sulfone groups is 1. The Hall–Kier alpha value is -2.34. The van der Waals surface area contributed by atoms with Crippen LogP contribution in [0.5, 0.6) is 0 Å². The molecule has 0 aliphatic carbocycles. The van der Waals surface area contributed by atoms with Crippen LogP contribution < -0.4 is 11.2 Å². The summed E-state index contributed by atoms with van der Waals surface area (Å²) in [5, 5.41) is 18.6. The molecule has 0 fully saturated rings. The molecule has 8 heteroatoms. The van der Waals surface area contributed by atoms with Crippen molar-refractivity contribution < 1.29 is 18.1 Å². The van der Waals surface area contributed by atoms with E-state index >= 15 is 0 Å². The Morgan fingerprint density at radius 2 is 2.08 bits per heavy atom. The number of rotatable bonds is 4. The van der Waals surface area contributed by atoms with Gasteiger partial charge < -0.3 is 15.4 Å². The molecular formula is C16H15BN2O4S. The summed E-state index contributed by atoms with van der Waals surface area (Å²) >= 11 is 0. The van der Waals surface area contributed by atoms with Crippen LogP contribution in [-0.4, -0.2) is 20.6 Å². The quantitative estimate of drug-likeness (QED) is 0.619. The molecule has 1 aliphatic rings. The number of hydrogen-bond acceptors (Lipinski definition) is 6. The Labute approximate surface area is 140 Å². The molecular weight excluding hydrogens is 327 g/mol. The van der Waals surface area contributed by atoms with Gasteiger partial charge in [-0.3, -0.25) is 0 Å². The minimum absolute atomic E-state index is 0.0314. The molecule has 6 nitrogen and oxygen atoms in total. The molecule has 122 valence electrons. The molecule has 3 rings (SSSR count). The van der Waals surface area contributed by atoms with Gasteiger partial charge in [0.1, 0.15) is 0 Å². The van der Waals surface area contributed by atoms with Gasteiger partial charge in [0.2, 0.25) is 0 Å². The molecule has 0 spiro atoms. The fraction of sp³-hybridized carbons (Fsp3) is 0.188. The van der Waals surface area contributed by atoms with Crippen molar-refractivity contribution in [3.63, 3.8) is 0 Å². The summed E-state index contributed by atoms with van der Waals surface area (Å²) in [6.07, 6.45) is -0.0314. The largest absolute Gasteiger partial charge is 0.491 e. The maximum absolute atomic E-state index is 12.7. The molecule has 0 saturated heterocycles. The predicted octanol–water partition coefficient (Wildman–Crippen LogP) is 0.526. The van der Waals surface area contributed by atoms with E-state index in [1.54, 1.807) is 18.2 Å². The Morgan fingerprint density at radius 3 is 2.83 bits per heavy atom. The van der Waals surface area contributed by atoms with E-state index in [4.69, 9.17) is 15.6 Å². The van der Waals surface area contributed by atoms with Crippen LogP contribution >= 0.6 is 0 Å². The Morgan fingerprint density at radius 1 is 1.29 bits per heavy atom. The third-order valence-electron chi connectivity index (χ3n) is 3.92. The van der Waals surface area contributed by atoms with E-state index in [2.05, 4.69) is 0 Å². The third kappa shape index (κ3) is 3.15. The normalized spacial score (nSPS) is 13.6. The van der Waals surface area contributed by atoms with Crippen molar-refractivity contribution in [2.75, 3.05) is 5.73 Å². The number of hydrogen-bond donors (Lipinski definition) is 2. The van der Waals surface area contributed by atoms with Gasteiger partial charge in [0.25, 0.3) is 0 Å². The molecule has 24 heavy (non-hydrogen) atoms. The second kappa shape index (κ2) is 6.28. The van der Waals surface area contributed by atoms with Crippen LogP contribution in [0.3, 0.4) is 0 Å². The van der Waals surface area contributed by atoms with Crippen molar-refractivity contribution in [3.8, 4) is 6.07 Å². The predicted molar refractivity (Wildman–Crippen MR) is 89.9 cm³/mol. The smallest absolute Gasteiger partial charge is 0.423 e. The fourth-order valence-corrected chi connectivity index (χ4v) is 4.36. The van der Waals surface area contributed by atoms with Gasteiger partial charge in [-0.05, 0) is 40.4 Å². The van der Waals surface area contributed by atoms with Crippen LogP contribution in [-0.2, 0) is 33.3 Å². The lowest BCUT2D eigenvalue weighted by atomic mass is 9.79. The molecule has 2 aromatic rings. The number of nitrogens with two attached hydrogens (primary N) is 1. The van der Waals surface area contributed by atoms with Crippen molar-refractivity contribution in [1.29, 1.82) is 5.26 Å². The maximum atomic E-state index is 12.7. The van der Waals surface area contributed by atoms with E-state index in [1.165, 1.54) is 18.2 Å². The van der Waals surface area contributed by atoms with Gasteiger partial charge in [0.05, 0.1) is 29.7 Å². The Balaban J connectivity index is 1.96. The van der Waals surface area contributed by atoms with Gasteiger partial charge in [-0.15, -0.1) is 0 Å².